The maximum atomic E-state index is 13.2. The highest BCUT2D eigenvalue weighted by atomic mass is 16.5. The molecular formula is C30H32N4O4. The van der Waals surface area contributed by atoms with Crippen molar-refractivity contribution in [2.75, 3.05) is 26.1 Å². The molecule has 0 aliphatic rings. The van der Waals surface area contributed by atoms with E-state index in [1.807, 2.05) is 103 Å². The molecule has 0 saturated heterocycles. The monoisotopic (exact) mass is 512 g/mol. The standard InChI is InChI=1S/C30H32N4O4/c1-21(2)33(29(36)18-22-8-6-5-7-9-22)20-28(35)32-30-31-27(23-10-14-25(37-3)15-11-23)19-34(30)24-12-16-26(38-4)17-13-24/h5-17,19,21H,18,20H2,1-4H3,(H,31,32,35). The van der Waals surface area contributed by atoms with Crippen molar-refractivity contribution < 1.29 is 19.1 Å². The number of hydrogen-bond acceptors (Lipinski definition) is 5. The summed E-state index contributed by atoms with van der Waals surface area (Å²) in [7, 11) is 3.23. The summed E-state index contributed by atoms with van der Waals surface area (Å²) in [5.74, 6) is 1.37. The Labute approximate surface area is 222 Å². The van der Waals surface area contributed by atoms with Gasteiger partial charge < -0.3 is 14.4 Å². The second kappa shape index (κ2) is 12.1. The fraction of sp³-hybridized carbons (Fsp3) is 0.233. The Kier molecular flexibility index (Phi) is 8.43. The van der Waals surface area contributed by atoms with E-state index in [4.69, 9.17) is 14.5 Å². The van der Waals surface area contributed by atoms with Crippen LogP contribution in [0.15, 0.2) is 85.1 Å². The molecule has 0 radical (unpaired) electrons. The molecule has 1 N–H and O–H groups in total. The van der Waals surface area contributed by atoms with Gasteiger partial charge in [0.05, 0.1) is 26.3 Å². The number of carbonyl (C=O) groups excluding carboxylic acids is 2. The number of nitrogens with zero attached hydrogens (tertiary/aromatic N) is 3. The molecule has 1 aromatic heterocycles. The molecule has 3 aromatic carbocycles. The van der Waals surface area contributed by atoms with Crippen molar-refractivity contribution in [3.05, 3.63) is 90.6 Å². The van der Waals surface area contributed by atoms with Gasteiger partial charge in [0.1, 0.15) is 18.0 Å². The Balaban J connectivity index is 1.58. The Morgan fingerprint density at radius 1 is 0.895 bits per heavy atom. The fourth-order valence-corrected chi connectivity index (χ4v) is 4.06. The van der Waals surface area contributed by atoms with E-state index < -0.39 is 0 Å². The summed E-state index contributed by atoms with van der Waals surface area (Å²) in [5, 5.41) is 2.92. The van der Waals surface area contributed by atoms with E-state index in [0.29, 0.717) is 11.6 Å². The number of nitrogens with one attached hydrogen (secondary N) is 1. The molecule has 0 aliphatic heterocycles. The first-order valence-corrected chi connectivity index (χ1v) is 12.4. The number of ether oxygens (including phenoxy) is 2. The summed E-state index contributed by atoms with van der Waals surface area (Å²) < 4.78 is 12.4. The molecule has 2 amide bonds. The van der Waals surface area contributed by atoms with Gasteiger partial charge in [0.2, 0.25) is 17.8 Å². The zero-order valence-electron chi connectivity index (χ0n) is 22.0. The van der Waals surface area contributed by atoms with Gasteiger partial charge in [-0.1, -0.05) is 30.3 Å². The van der Waals surface area contributed by atoms with E-state index in [9.17, 15) is 9.59 Å². The highest BCUT2D eigenvalue weighted by Crippen LogP contribution is 2.27. The lowest BCUT2D eigenvalue weighted by Crippen LogP contribution is -2.43. The third-order valence-electron chi connectivity index (χ3n) is 6.15. The zero-order chi connectivity index (χ0) is 27.1. The lowest BCUT2D eigenvalue weighted by atomic mass is 10.1. The zero-order valence-corrected chi connectivity index (χ0v) is 22.0. The summed E-state index contributed by atoms with van der Waals surface area (Å²) in [6.45, 7) is 3.71. The molecule has 4 rings (SSSR count). The van der Waals surface area contributed by atoms with E-state index in [-0.39, 0.29) is 30.8 Å². The predicted molar refractivity (Wildman–Crippen MR) is 148 cm³/mol. The Morgan fingerprint density at radius 3 is 2.08 bits per heavy atom. The predicted octanol–water partition coefficient (Wildman–Crippen LogP) is 4.97. The number of rotatable bonds is 10. The summed E-state index contributed by atoms with van der Waals surface area (Å²) in [4.78, 5) is 32.5. The van der Waals surface area contributed by atoms with Gasteiger partial charge in [0.15, 0.2) is 0 Å². The molecule has 8 nitrogen and oxygen atoms in total. The number of carbonyl (C=O) groups is 2. The summed E-state index contributed by atoms with van der Waals surface area (Å²) in [5.41, 5.74) is 3.26. The summed E-state index contributed by atoms with van der Waals surface area (Å²) in [6.07, 6.45) is 2.09. The minimum absolute atomic E-state index is 0.0866. The number of imidazole rings is 1. The van der Waals surface area contributed by atoms with Crippen LogP contribution in [0.5, 0.6) is 11.5 Å². The molecule has 1 heterocycles. The van der Waals surface area contributed by atoms with E-state index in [2.05, 4.69) is 5.32 Å². The number of methoxy groups -OCH3 is 2. The van der Waals surface area contributed by atoms with Gasteiger partial charge in [0, 0.05) is 23.5 Å². The lowest BCUT2D eigenvalue weighted by molar-refractivity contribution is -0.135. The van der Waals surface area contributed by atoms with E-state index in [1.54, 1.807) is 19.1 Å². The topological polar surface area (TPSA) is 85.7 Å². The molecule has 0 atom stereocenters. The van der Waals surface area contributed by atoms with Crippen molar-refractivity contribution in [1.29, 1.82) is 0 Å². The maximum absolute atomic E-state index is 13.2. The molecular weight excluding hydrogens is 480 g/mol. The van der Waals surface area contributed by atoms with Crippen LogP contribution in [0.25, 0.3) is 16.9 Å². The molecule has 0 aliphatic carbocycles. The van der Waals surface area contributed by atoms with Gasteiger partial charge in [-0.25, -0.2) is 4.98 Å². The molecule has 38 heavy (non-hydrogen) atoms. The largest absolute Gasteiger partial charge is 0.497 e. The van der Waals surface area contributed by atoms with Gasteiger partial charge in [-0.15, -0.1) is 0 Å². The van der Waals surface area contributed by atoms with Crippen LogP contribution < -0.4 is 14.8 Å². The molecule has 0 spiro atoms. The first-order chi connectivity index (χ1) is 18.4. The number of aromatic nitrogens is 2. The molecule has 0 saturated carbocycles. The van der Waals surface area contributed by atoms with E-state index >= 15 is 0 Å². The Bertz CT molecular complexity index is 1360. The second-order valence-electron chi connectivity index (χ2n) is 9.07. The van der Waals surface area contributed by atoms with Crippen LogP contribution in [0.4, 0.5) is 5.95 Å². The smallest absolute Gasteiger partial charge is 0.246 e. The van der Waals surface area contributed by atoms with Gasteiger partial charge in [-0.3, -0.25) is 19.5 Å². The minimum atomic E-state index is -0.332. The van der Waals surface area contributed by atoms with Gasteiger partial charge in [-0.05, 0) is 67.9 Å². The van der Waals surface area contributed by atoms with Crippen LogP contribution in [0.3, 0.4) is 0 Å². The number of anilines is 1. The highest BCUT2D eigenvalue weighted by Gasteiger charge is 2.22. The lowest BCUT2D eigenvalue weighted by Gasteiger charge is -2.26. The third-order valence-corrected chi connectivity index (χ3v) is 6.15. The van der Waals surface area contributed by atoms with E-state index in [1.165, 1.54) is 0 Å². The quantitative estimate of drug-likeness (QED) is 0.324. The average Bonchev–Trinajstić information content (AvgIpc) is 3.35. The van der Waals surface area contributed by atoms with Crippen molar-refractivity contribution in [2.45, 2.75) is 26.3 Å². The SMILES string of the molecule is COc1ccc(-c2cn(-c3ccc(OC)cc3)c(NC(=O)CN(C(=O)Cc3ccccc3)C(C)C)n2)cc1. The number of hydrogen-bond donors (Lipinski definition) is 1. The maximum Gasteiger partial charge on any atom is 0.246 e. The van der Waals surface area contributed by atoms with Crippen molar-refractivity contribution in [3.63, 3.8) is 0 Å². The Hall–Kier alpha value is -4.59. The van der Waals surface area contributed by atoms with Crippen LogP contribution in [-0.4, -0.2) is 53.1 Å². The van der Waals surface area contributed by atoms with Crippen molar-refractivity contribution in [2.24, 2.45) is 0 Å². The van der Waals surface area contributed by atoms with Crippen LogP contribution in [0.2, 0.25) is 0 Å². The Morgan fingerprint density at radius 2 is 1.50 bits per heavy atom. The summed E-state index contributed by atoms with van der Waals surface area (Å²) >= 11 is 0. The van der Waals surface area contributed by atoms with Crippen LogP contribution in [0, 0.1) is 0 Å². The van der Waals surface area contributed by atoms with Crippen molar-refractivity contribution >= 4 is 17.8 Å². The molecule has 0 fully saturated rings. The number of benzene rings is 3. The highest BCUT2D eigenvalue weighted by molar-refractivity contribution is 5.94. The molecule has 4 aromatic rings. The second-order valence-corrected chi connectivity index (χ2v) is 9.07. The fourth-order valence-electron chi connectivity index (χ4n) is 4.06. The normalized spacial score (nSPS) is 10.8. The van der Waals surface area contributed by atoms with Crippen molar-refractivity contribution in [3.8, 4) is 28.4 Å². The van der Waals surface area contributed by atoms with Gasteiger partial charge >= 0.3 is 0 Å². The molecule has 8 heteroatoms. The van der Waals surface area contributed by atoms with Crippen LogP contribution in [-0.2, 0) is 16.0 Å². The molecule has 0 bridgehead atoms. The number of amides is 2. The van der Waals surface area contributed by atoms with Crippen LogP contribution in [0.1, 0.15) is 19.4 Å². The van der Waals surface area contributed by atoms with Crippen molar-refractivity contribution in [1.82, 2.24) is 14.5 Å². The first-order valence-electron chi connectivity index (χ1n) is 12.4. The molecule has 0 unspecified atom stereocenters. The van der Waals surface area contributed by atoms with Gasteiger partial charge in [-0.2, -0.15) is 0 Å². The first kappa shape index (κ1) is 26.5. The van der Waals surface area contributed by atoms with Crippen LogP contribution >= 0.6 is 0 Å². The molecule has 196 valence electrons. The van der Waals surface area contributed by atoms with Gasteiger partial charge in [0.25, 0.3) is 0 Å². The minimum Gasteiger partial charge on any atom is -0.497 e. The van der Waals surface area contributed by atoms with E-state index in [0.717, 1.165) is 28.3 Å². The average molecular weight is 513 g/mol. The third kappa shape index (κ3) is 6.39. The summed E-state index contributed by atoms with van der Waals surface area (Å²) in [6, 6.07) is 24.4.